The van der Waals surface area contributed by atoms with Crippen LogP contribution < -0.4 is 10.1 Å². The molecule has 0 bridgehead atoms. The van der Waals surface area contributed by atoms with Crippen molar-refractivity contribution in [3.05, 3.63) is 23.8 Å². The van der Waals surface area contributed by atoms with E-state index in [1.54, 1.807) is 18.2 Å². The molecule has 1 atom stereocenters. The molecule has 4 heteroatoms. The molecule has 0 amide bonds. The van der Waals surface area contributed by atoms with Crippen LogP contribution in [-0.2, 0) is 0 Å². The van der Waals surface area contributed by atoms with Crippen molar-refractivity contribution in [2.75, 3.05) is 13.1 Å². The maximum absolute atomic E-state index is 10.3. The predicted octanol–water partition coefficient (Wildman–Crippen LogP) is 0.940. The molecule has 3 N–H and O–H groups in total. The van der Waals surface area contributed by atoms with Gasteiger partial charge >= 0.3 is 0 Å². The predicted molar refractivity (Wildman–Crippen MR) is 58.5 cm³/mol. The highest BCUT2D eigenvalue weighted by Gasteiger charge is 2.48. The summed E-state index contributed by atoms with van der Waals surface area (Å²) in [6.45, 7) is 1.72. The lowest BCUT2D eigenvalue weighted by atomic mass is 9.85. The van der Waals surface area contributed by atoms with E-state index < -0.39 is 11.7 Å². The van der Waals surface area contributed by atoms with Gasteiger partial charge in [0, 0.05) is 24.5 Å². The van der Waals surface area contributed by atoms with Crippen molar-refractivity contribution in [2.45, 2.75) is 24.5 Å². The zero-order valence-electron chi connectivity index (χ0n) is 8.94. The molecule has 1 aromatic carbocycles. The number of hydrogen-bond acceptors (Lipinski definition) is 4. The van der Waals surface area contributed by atoms with Crippen LogP contribution in [0.4, 0.5) is 0 Å². The van der Waals surface area contributed by atoms with Crippen molar-refractivity contribution in [3.8, 4) is 11.5 Å². The second-order valence-electron chi connectivity index (χ2n) is 4.54. The second-order valence-corrected chi connectivity index (χ2v) is 4.54. The monoisotopic (exact) mass is 221 g/mol. The molecule has 1 saturated heterocycles. The molecule has 2 aliphatic heterocycles. The first-order valence-electron chi connectivity index (χ1n) is 5.62. The summed E-state index contributed by atoms with van der Waals surface area (Å²) in [4.78, 5) is 0. The van der Waals surface area contributed by atoms with Gasteiger partial charge in [-0.15, -0.1) is 0 Å². The van der Waals surface area contributed by atoms with Gasteiger partial charge in [0.1, 0.15) is 23.2 Å². The Kier molecular flexibility index (Phi) is 2.09. The largest absolute Gasteiger partial charge is 0.508 e. The second kappa shape index (κ2) is 3.37. The van der Waals surface area contributed by atoms with Gasteiger partial charge in [0.25, 0.3) is 0 Å². The Labute approximate surface area is 93.9 Å². The fourth-order valence-corrected chi connectivity index (χ4v) is 2.62. The van der Waals surface area contributed by atoms with E-state index in [1.807, 2.05) is 0 Å². The number of nitrogens with one attached hydrogen (secondary N) is 1. The third kappa shape index (κ3) is 1.30. The van der Waals surface area contributed by atoms with Gasteiger partial charge in [0.05, 0.1) is 0 Å². The summed E-state index contributed by atoms with van der Waals surface area (Å²) in [6.07, 6.45) is 1.01. The fraction of sp³-hybridized carbons (Fsp3) is 0.500. The first kappa shape index (κ1) is 9.93. The average molecular weight is 221 g/mol. The van der Waals surface area contributed by atoms with Crippen molar-refractivity contribution in [1.29, 1.82) is 0 Å². The van der Waals surface area contributed by atoms with E-state index in [-0.39, 0.29) is 5.75 Å². The number of aromatic hydroxyl groups is 1. The van der Waals surface area contributed by atoms with Crippen molar-refractivity contribution in [3.63, 3.8) is 0 Å². The molecule has 1 unspecified atom stereocenters. The minimum absolute atomic E-state index is 0.178. The van der Waals surface area contributed by atoms with E-state index >= 15 is 0 Å². The standard InChI is InChI=1S/C12H15NO3/c14-8-1-2-9-10(7-8)16-12(11(9)15)3-5-13-6-4-12/h1-2,7,11,13-15H,3-6H2. The van der Waals surface area contributed by atoms with Gasteiger partial charge in [0.2, 0.25) is 0 Å². The van der Waals surface area contributed by atoms with Gasteiger partial charge in [0.15, 0.2) is 0 Å². The topological polar surface area (TPSA) is 61.7 Å². The Morgan fingerprint density at radius 3 is 2.81 bits per heavy atom. The molecular formula is C12H15NO3. The third-order valence-electron chi connectivity index (χ3n) is 3.55. The molecule has 1 aromatic rings. The molecule has 0 aliphatic carbocycles. The maximum Gasteiger partial charge on any atom is 0.141 e. The van der Waals surface area contributed by atoms with E-state index in [0.717, 1.165) is 31.5 Å². The van der Waals surface area contributed by atoms with Crippen LogP contribution in [0.2, 0.25) is 0 Å². The minimum atomic E-state index is -0.579. The highest BCUT2D eigenvalue weighted by molar-refractivity contribution is 5.46. The van der Waals surface area contributed by atoms with Crippen molar-refractivity contribution in [2.24, 2.45) is 0 Å². The third-order valence-corrected chi connectivity index (χ3v) is 3.55. The smallest absolute Gasteiger partial charge is 0.141 e. The maximum atomic E-state index is 10.3. The number of fused-ring (bicyclic) bond motifs is 1. The van der Waals surface area contributed by atoms with Crippen LogP contribution in [0.1, 0.15) is 24.5 Å². The number of phenols is 1. The van der Waals surface area contributed by atoms with Gasteiger partial charge in [-0.05, 0) is 25.2 Å². The number of aliphatic hydroxyl groups is 1. The van der Waals surface area contributed by atoms with Crippen molar-refractivity contribution in [1.82, 2.24) is 5.32 Å². The highest BCUT2D eigenvalue weighted by Crippen LogP contribution is 2.48. The van der Waals surface area contributed by atoms with Crippen LogP contribution in [0.3, 0.4) is 0 Å². The lowest BCUT2D eigenvalue weighted by Gasteiger charge is -2.35. The Bertz CT molecular complexity index is 413. The summed E-state index contributed by atoms with van der Waals surface area (Å²) in [7, 11) is 0. The molecular weight excluding hydrogens is 206 g/mol. The number of rotatable bonds is 0. The van der Waals surface area contributed by atoms with Crippen LogP contribution in [0, 0.1) is 0 Å². The van der Waals surface area contributed by atoms with Gasteiger partial charge in [-0.1, -0.05) is 0 Å². The molecule has 3 rings (SSSR count). The Morgan fingerprint density at radius 2 is 2.06 bits per heavy atom. The molecule has 0 saturated carbocycles. The molecule has 2 heterocycles. The van der Waals surface area contributed by atoms with Gasteiger partial charge in [-0.2, -0.15) is 0 Å². The zero-order chi connectivity index (χ0) is 11.2. The summed E-state index contributed by atoms with van der Waals surface area (Å²) in [6, 6.07) is 4.91. The van der Waals surface area contributed by atoms with Gasteiger partial charge < -0.3 is 20.3 Å². The van der Waals surface area contributed by atoms with Crippen LogP contribution >= 0.6 is 0 Å². The SMILES string of the molecule is Oc1ccc2c(c1)OC1(CCNCC1)C2O. The lowest BCUT2D eigenvalue weighted by molar-refractivity contribution is -0.0484. The minimum Gasteiger partial charge on any atom is -0.508 e. The Morgan fingerprint density at radius 1 is 1.31 bits per heavy atom. The molecule has 0 aromatic heterocycles. The van der Waals surface area contributed by atoms with Crippen LogP contribution in [0.25, 0.3) is 0 Å². The number of piperidine rings is 1. The number of phenolic OH excluding ortho intramolecular Hbond substituents is 1. The number of ether oxygens (including phenoxy) is 1. The van der Waals surface area contributed by atoms with E-state index in [1.165, 1.54) is 0 Å². The molecule has 2 aliphatic rings. The van der Waals surface area contributed by atoms with Crippen molar-refractivity contribution < 1.29 is 14.9 Å². The summed E-state index contributed by atoms with van der Waals surface area (Å²) in [5, 5.41) is 23.0. The highest BCUT2D eigenvalue weighted by atomic mass is 16.5. The molecule has 1 fully saturated rings. The van der Waals surface area contributed by atoms with E-state index in [2.05, 4.69) is 5.32 Å². The lowest BCUT2D eigenvalue weighted by Crippen LogP contribution is -2.47. The van der Waals surface area contributed by atoms with E-state index in [9.17, 15) is 10.2 Å². The van der Waals surface area contributed by atoms with Crippen LogP contribution in [0.5, 0.6) is 11.5 Å². The summed E-state index contributed by atoms with van der Waals surface area (Å²) < 4.78 is 5.88. The van der Waals surface area contributed by atoms with Gasteiger partial charge in [-0.3, -0.25) is 0 Å². The average Bonchev–Trinajstić information content (AvgIpc) is 2.53. The van der Waals surface area contributed by atoms with Crippen LogP contribution in [-0.4, -0.2) is 28.9 Å². The molecule has 1 spiro atoms. The number of benzene rings is 1. The first-order valence-corrected chi connectivity index (χ1v) is 5.62. The van der Waals surface area contributed by atoms with Crippen LogP contribution in [0.15, 0.2) is 18.2 Å². The summed E-state index contributed by atoms with van der Waals surface area (Å²) in [5.41, 5.74) is 0.307. The van der Waals surface area contributed by atoms with E-state index in [0.29, 0.717) is 5.75 Å². The summed E-state index contributed by atoms with van der Waals surface area (Å²) in [5.74, 6) is 0.798. The molecule has 16 heavy (non-hydrogen) atoms. The summed E-state index contributed by atoms with van der Waals surface area (Å²) >= 11 is 0. The number of hydrogen-bond donors (Lipinski definition) is 3. The van der Waals surface area contributed by atoms with Gasteiger partial charge in [-0.25, -0.2) is 0 Å². The molecule has 86 valence electrons. The normalized spacial score (nSPS) is 26.4. The van der Waals surface area contributed by atoms with E-state index in [4.69, 9.17) is 4.74 Å². The quantitative estimate of drug-likeness (QED) is 0.610. The Hall–Kier alpha value is -1.26. The Balaban J connectivity index is 1.98. The fourth-order valence-electron chi connectivity index (χ4n) is 2.62. The zero-order valence-corrected chi connectivity index (χ0v) is 8.94. The van der Waals surface area contributed by atoms with Crippen molar-refractivity contribution >= 4 is 0 Å². The molecule has 0 radical (unpaired) electrons. The molecule has 4 nitrogen and oxygen atoms in total. The number of aliphatic hydroxyl groups excluding tert-OH is 1. The first-order chi connectivity index (χ1) is 7.71.